The molecule has 1 heterocycles. The molecule has 1 aromatic carbocycles. The summed E-state index contributed by atoms with van der Waals surface area (Å²) in [5.41, 5.74) is 14.5. The minimum absolute atomic E-state index is 0.124. The lowest BCUT2D eigenvalue weighted by molar-refractivity contribution is -0.0283. The number of benzene rings is 1. The molecule has 105 valence electrons. The van der Waals surface area contributed by atoms with Crippen molar-refractivity contribution < 1.29 is 4.74 Å². The maximum atomic E-state index is 5.89. The van der Waals surface area contributed by atoms with Crippen molar-refractivity contribution in [3.05, 3.63) is 35.2 Å². The first-order valence-corrected chi connectivity index (χ1v) is 6.81. The molecule has 1 saturated heterocycles. The molecule has 1 aliphatic rings. The van der Waals surface area contributed by atoms with Crippen LogP contribution in [0.1, 0.15) is 31.1 Å². The summed E-state index contributed by atoms with van der Waals surface area (Å²) >= 11 is 0. The monoisotopic (exact) mass is 262 g/mol. The number of nitrogens with two attached hydrogens (primary N) is 2. The number of nitrogens with zero attached hydrogens (tertiary/aromatic N) is 1. The molecule has 0 saturated carbocycles. The predicted octanol–water partition coefficient (Wildman–Crippen LogP) is 1.72. The van der Waals surface area contributed by atoms with E-state index in [1.54, 1.807) is 0 Å². The first-order valence-electron chi connectivity index (χ1n) is 6.81. The Balaban J connectivity index is 2.08. The molecule has 1 aliphatic heterocycles. The Morgan fingerprint density at radius 2 is 2.21 bits per heavy atom. The normalized spacial score (nSPS) is 20.9. The predicted molar refractivity (Wildman–Crippen MR) is 78.5 cm³/mol. The molecular weight excluding hydrogens is 238 g/mol. The summed E-state index contributed by atoms with van der Waals surface area (Å²) in [5.74, 6) is 1.43. The van der Waals surface area contributed by atoms with Gasteiger partial charge in [-0.15, -0.1) is 0 Å². The molecule has 1 atom stereocenters. The molecule has 0 aromatic heterocycles. The molecule has 0 spiro atoms. The van der Waals surface area contributed by atoms with Crippen LogP contribution in [-0.2, 0) is 11.3 Å². The highest BCUT2D eigenvalue weighted by molar-refractivity contribution is 5.49. The number of anilines is 1. The Labute approximate surface area is 115 Å². The molecule has 0 aliphatic carbocycles. The first-order chi connectivity index (χ1) is 9.10. The van der Waals surface area contributed by atoms with E-state index in [0.717, 1.165) is 37.5 Å². The van der Waals surface area contributed by atoms with E-state index in [9.17, 15) is 0 Å². The fourth-order valence-electron chi connectivity index (χ4n) is 2.50. The number of ether oxygens (including phenoxy) is 1. The van der Waals surface area contributed by atoms with Crippen LogP contribution >= 0.6 is 0 Å². The van der Waals surface area contributed by atoms with Crippen molar-refractivity contribution in [3.8, 4) is 0 Å². The van der Waals surface area contributed by atoms with E-state index in [1.807, 2.05) is 12.1 Å². The lowest BCUT2D eigenvalue weighted by Crippen LogP contribution is -2.39. The zero-order valence-electron chi connectivity index (χ0n) is 11.9. The van der Waals surface area contributed by atoms with Crippen molar-refractivity contribution in [3.63, 3.8) is 0 Å². The van der Waals surface area contributed by atoms with Crippen LogP contribution in [-0.4, -0.2) is 31.1 Å². The number of morpholine rings is 1. The van der Waals surface area contributed by atoms with Crippen molar-refractivity contribution in [2.24, 2.45) is 5.73 Å². The lowest BCUT2D eigenvalue weighted by Gasteiger charge is -2.34. The fourth-order valence-corrected chi connectivity index (χ4v) is 2.50. The van der Waals surface area contributed by atoms with Crippen LogP contribution in [0.15, 0.2) is 18.2 Å². The molecule has 4 N–H and O–H groups in total. The van der Waals surface area contributed by atoms with Gasteiger partial charge in [0.05, 0.1) is 12.7 Å². The van der Waals surface area contributed by atoms with Crippen molar-refractivity contribution in [1.29, 1.82) is 0 Å². The average molecular weight is 262 g/mol. The van der Waals surface area contributed by atoms with Gasteiger partial charge in [0.2, 0.25) is 0 Å². The van der Waals surface area contributed by atoms with E-state index in [1.165, 1.54) is 11.5 Å². The molecule has 1 aromatic rings. The van der Waals surface area contributed by atoms with Crippen molar-refractivity contribution in [2.75, 3.05) is 32.0 Å². The van der Waals surface area contributed by atoms with Crippen molar-refractivity contribution >= 4 is 5.69 Å². The summed E-state index contributed by atoms with van der Waals surface area (Å²) in [5, 5.41) is 0. The molecule has 2 rings (SSSR count). The van der Waals surface area contributed by atoms with Gasteiger partial charge in [0.25, 0.3) is 0 Å². The molecule has 4 nitrogen and oxygen atoms in total. The van der Waals surface area contributed by atoms with Crippen LogP contribution in [0.25, 0.3) is 0 Å². The number of hydrogen-bond acceptors (Lipinski definition) is 4. The Kier molecular flexibility index (Phi) is 4.80. The van der Waals surface area contributed by atoms with E-state index in [-0.39, 0.29) is 6.10 Å². The van der Waals surface area contributed by atoms with Crippen LogP contribution in [0.5, 0.6) is 0 Å². The highest BCUT2D eigenvalue weighted by atomic mass is 16.5. The van der Waals surface area contributed by atoms with Gasteiger partial charge in [-0.2, -0.15) is 0 Å². The van der Waals surface area contributed by atoms with Crippen LogP contribution < -0.4 is 11.5 Å². The lowest BCUT2D eigenvalue weighted by atomic mass is 10.0. The second kappa shape index (κ2) is 6.37. The molecular formula is C15H24N3O. The summed E-state index contributed by atoms with van der Waals surface area (Å²) in [6.45, 7) is 8.55. The van der Waals surface area contributed by atoms with Crippen molar-refractivity contribution in [1.82, 2.24) is 4.90 Å². The average Bonchev–Trinajstić information content (AvgIpc) is 2.39. The van der Waals surface area contributed by atoms with Gasteiger partial charge in [-0.05, 0) is 29.2 Å². The molecule has 0 amide bonds. The zero-order valence-corrected chi connectivity index (χ0v) is 11.9. The van der Waals surface area contributed by atoms with E-state index in [4.69, 9.17) is 16.2 Å². The second-order valence-electron chi connectivity index (χ2n) is 5.46. The van der Waals surface area contributed by atoms with Gasteiger partial charge in [0.1, 0.15) is 0 Å². The maximum absolute atomic E-state index is 5.89. The molecule has 1 fully saturated rings. The van der Waals surface area contributed by atoms with Gasteiger partial charge < -0.3 is 16.2 Å². The van der Waals surface area contributed by atoms with E-state index in [2.05, 4.69) is 24.8 Å². The van der Waals surface area contributed by atoms with E-state index in [0.29, 0.717) is 6.54 Å². The third-order valence-electron chi connectivity index (χ3n) is 3.45. The Hall–Kier alpha value is -1.10. The van der Waals surface area contributed by atoms with Gasteiger partial charge in [-0.25, -0.2) is 0 Å². The van der Waals surface area contributed by atoms with Crippen LogP contribution in [0.2, 0.25) is 0 Å². The topological polar surface area (TPSA) is 64.5 Å². The Bertz CT molecular complexity index is 420. The van der Waals surface area contributed by atoms with Crippen LogP contribution in [0, 0.1) is 5.92 Å². The van der Waals surface area contributed by atoms with Crippen molar-refractivity contribution in [2.45, 2.75) is 26.5 Å². The summed E-state index contributed by atoms with van der Waals surface area (Å²) < 4.78 is 5.88. The number of hydrogen-bond donors (Lipinski definition) is 2. The number of nitrogen functional groups attached to an aromatic ring is 1. The fraction of sp³-hybridized carbons (Fsp3) is 0.533. The molecule has 0 unspecified atom stereocenters. The van der Waals surface area contributed by atoms with Gasteiger partial charge >= 0.3 is 0 Å². The largest absolute Gasteiger partial charge is 0.398 e. The molecule has 19 heavy (non-hydrogen) atoms. The van der Waals surface area contributed by atoms with Gasteiger partial charge in [0, 0.05) is 31.9 Å². The van der Waals surface area contributed by atoms with Crippen LogP contribution in [0.4, 0.5) is 5.69 Å². The molecule has 0 bridgehead atoms. The Morgan fingerprint density at radius 3 is 2.89 bits per heavy atom. The SMILES string of the molecule is C[C](C)CN1CCO[C@@H](c2ccc(N)c(CN)c2)C1. The second-order valence-corrected chi connectivity index (χ2v) is 5.46. The van der Waals surface area contributed by atoms with Gasteiger partial charge in [-0.1, -0.05) is 19.9 Å². The molecule has 1 radical (unpaired) electrons. The smallest absolute Gasteiger partial charge is 0.0952 e. The summed E-state index contributed by atoms with van der Waals surface area (Å²) in [6, 6.07) is 6.05. The van der Waals surface area contributed by atoms with E-state index >= 15 is 0 Å². The zero-order chi connectivity index (χ0) is 13.8. The van der Waals surface area contributed by atoms with E-state index < -0.39 is 0 Å². The summed E-state index contributed by atoms with van der Waals surface area (Å²) in [6.07, 6.45) is 0.124. The third kappa shape index (κ3) is 3.69. The highest BCUT2D eigenvalue weighted by Crippen LogP contribution is 2.25. The highest BCUT2D eigenvalue weighted by Gasteiger charge is 2.22. The maximum Gasteiger partial charge on any atom is 0.0952 e. The number of rotatable bonds is 4. The minimum atomic E-state index is 0.124. The standard InChI is InChI=1S/C15H24N3O/c1-11(2)9-18-5-6-19-15(10-18)12-3-4-14(17)13(7-12)8-16/h3-4,7,15H,5-6,8-10,16-17H2,1-2H3/t15-/m1/s1. The van der Waals surface area contributed by atoms with Crippen LogP contribution in [0.3, 0.4) is 0 Å². The van der Waals surface area contributed by atoms with Gasteiger partial charge in [0.15, 0.2) is 0 Å². The third-order valence-corrected chi connectivity index (χ3v) is 3.45. The Morgan fingerprint density at radius 1 is 1.42 bits per heavy atom. The quantitative estimate of drug-likeness (QED) is 0.811. The molecule has 4 heteroatoms. The summed E-state index contributed by atoms with van der Waals surface area (Å²) in [7, 11) is 0. The minimum Gasteiger partial charge on any atom is -0.398 e. The first kappa shape index (κ1) is 14.3. The summed E-state index contributed by atoms with van der Waals surface area (Å²) in [4.78, 5) is 2.43. The van der Waals surface area contributed by atoms with Gasteiger partial charge in [-0.3, -0.25) is 4.90 Å².